The van der Waals surface area contributed by atoms with Crippen LogP contribution in [-0.2, 0) is 11.3 Å². The van der Waals surface area contributed by atoms with E-state index in [-0.39, 0.29) is 29.6 Å². The number of hydrogen-bond acceptors (Lipinski definition) is 3. The molecule has 126 valence electrons. The zero-order chi connectivity index (χ0) is 17.7. The van der Waals surface area contributed by atoms with E-state index in [9.17, 15) is 14.0 Å². The molecule has 0 aliphatic carbocycles. The standard InChI is InChI=1S/C19H20FNO3/c1-13-6-4-5-7-15(13)11-21(3)19(23)12-24-18-9-8-16(20)10-17(18)14(2)22/h4-10H,11-12H2,1-3H3. The highest BCUT2D eigenvalue weighted by Gasteiger charge is 2.14. The van der Waals surface area contributed by atoms with Crippen molar-refractivity contribution >= 4 is 11.7 Å². The summed E-state index contributed by atoms with van der Waals surface area (Å²) < 4.78 is 18.7. The zero-order valence-corrected chi connectivity index (χ0v) is 14.0. The van der Waals surface area contributed by atoms with Gasteiger partial charge in [-0.2, -0.15) is 0 Å². The molecular formula is C19H20FNO3. The van der Waals surface area contributed by atoms with E-state index in [1.54, 1.807) is 11.9 Å². The van der Waals surface area contributed by atoms with Crippen LogP contribution in [0.2, 0.25) is 0 Å². The molecule has 0 atom stereocenters. The number of hydrogen-bond donors (Lipinski definition) is 0. The largest absolute Gasteiger partial charge is 0.483 e. The topological polar surface area (TPSA) is 46.6 Å². The Hall–Kier alpha value is -2.69. The van der Waals surface area contributed by atoms with Gasteiger partial charge in [-0.1, -0.05) is 24.3 Å². The number of aryl methyl sites for hydroxylation is 1. The number of halogens is 1. The Morgan fingerprint density at radius 1 is 1.17 bits per heavy atom. The van der Waals surface area contributed by atoms with E-state index >= 15 is 0 Å². The molecule has 0 bridgehead atoms. The summed E-state index contributed by atoms with van der Waals surface area (Å²) >= 11 is 0. The normalized spacial score (nSPS) is 10.3. The third-order valence-corrected chi connectivity index (χ3v) is 3.77. The predicted molar refractivity (Wildman–Crippen MR) is 89.6 cm³/mol. The third kappa shape index (κ3) is 4.41. The summed E-state index contributed by atoms with van der Waals surface area (Å²) in [6.07, 6.45) is 0. The van der Waals surface area contributed by atoms with Crippen molar-refractivity contribution < 1.29 is 18.7 Å². The molecule has 0 fully saturated rings. The number of nitrogens with zero attached hydrogens (tertiary/aromatic N) is 1. The number of ether oxygens (including phenoxy) is 1. The quantitative estimate of drug-likeness (QED) is 0.763. The van der Waals surface area contributed by atoms with Gasteiger partial charge in [-0.15, -0.1) is 0 Å². The molecule has 0 unspecified atom stereocenters. The van der Waals surface area contributed by atoms with E-state index in [4.69, 9.17) is 4.74 Å². The van der Waals surface area contributed by atoms with Crippen molar-refractivity contribution in [2.45, 2.75) is 20.4 Å². The van der Waals surface area contributed by atoms with Gasteiger partial charge in [0, 0.05) is 13.6 Å². The first-order chi connectivity index (χ1) is 11.4. The second-order valence-electron chi connectivity index (χ2n) is 5.66. The predicted octanol–water partition coefficient (Wildman–Crippen LogP) is 3.37. The van der Waals surface area contributed by atoms with Crippen LogP contribution in [0.15, 0.2) is 42.5 Å². The van der Waals surface area contributed by atoms with Crippen LogP contribution in [0.25, 0.3) is 0 Å². The molecule has 1 amide bonds. The second-order valence-corrected chi connectivity index (χ2v) is 5.66. The minimum absolute atomic E-state index is 0.129. The number of benzene rings is 2. The number of likely N-dealkylation sites (N-methyl/N-ethyl adjacent to an activating group) is 1. The molecule has 0 aromatic heterocycles. The van der Waals surface area contributed by atoms with E-state index in [0.717, 1.165) is 17.2 Å². The van der Waals surface area contributed by atoms with Crippen LogP contribution in [0.3, 0.4) is 0 Å². The zero-order valence-electron chi connectivity index (χ0n) is 14.0. The highest BCUT2D eigenvalue weighted by molar-refractivity contribution is 5.96. The molecule has 0 aliphatic heterocycles. The summed E-state index contributed by atoms with van der Waals surface area (Å²) in [5, 5.41) is 0. The highest BCUT2D eigenvalue weighted by atomic mass is 19.1. The van der Waals surface area contributed by atoms with Crippen molar-refractivity contribution in [1.82, 2.24) is 4.90 Å². The molecule has 0 spiro atoms. The van der Waals surface area contributed by atoms with Crippen LogP contribution in [0.4, 0.5) is 4.39 Å². The molecule has 5 heteroatoms. The number of Topliss-reactive ketones (excluding diaryl/α,β-unsaturated/α-hetero) is 1. The summed E-state index contributed by atoms with van der Waals surface area (Å²) in [7, 11) is 1.69. The molecule has 0 radical (unpaired) electrons. The number of amides is 1. The van der Waals surface area contributed by atoms with Crippen LogP contribution in [0, 0.1) is 12.7 Å². The fourth-order valence-corrected chi connectivity index (χ4v) is 2.28. The maximum absolute atomic E-state index is 13.2. The van der Waals surface area contributed by atoms with Gasteiger partial charge in [0.1, 0.15) is 11.6 Å². The number of carbonyl (C=O) groups excluding carboxylic acids is 2. The highest BCUT2D eigenvalue weighted by Crippen LogP contribution is 2.20. The van der Waals surface area contributed by atoms with Crippen molar-refractivity contribution in [3.8, 4) is 5.75 Å². The maximum Gasteiger partial charge on any atom is 0.260 e. The average Bonchev–Trinajstić information content (AvgIpc) is 2.55. The maximum atomic E-state index is 13.2. The van der Waals surface area contributed by atoms with Gasteiger partial charge in [-0.25, -0.2) is 4.39 Å². The smallest absolute Gasteiger partial charge is 0.260 e. The van der Waals surface area contributed by atoms with Crippen LogP contribution in [0.1, 0.15) is 28.4 Å². The number of ketones is 1. The Morgan fingerprint density at radius 2 is 1.88 bits per heavy atom. The molecule has 0 saturated carbocycles. The van der Waals surface area contributed by atoms with Gasteiger partial charge >= 0.3 is 0 Å². The molecule has 0 N–H and O–H groups in total. The van der Waals surface area contributed by atoms with Crippen molar-refractivity contribution in [2.24, 2.45) is 0 Å². The van der Waals surface area contributed by atoms with Gasteiger partial charge in [-0.05, 0) is 43.2 Å². The Labute approximate surface area is 140 Å². The van der Waals surface area contributed by atoms with E-state index < -0.39 is 5.82 Å². The molecule has 2 aromatic rings. The molecule has 2 aromatic carbocycles. The van der Waals surface area contributed by atoms with Gasteiger partial charge in [-0.3, -0.25) is 9.59 Å². The summed E-state index contributed by atoms with van der Waals surface area (Å²) in [4.78, 5) is 25.3. The van der Waals surface area contributed by atoms with Gasteiger partial charge in [0.2, 0.25) is 0 Å². The molecule has 24 heavy (non-hydrogen) atoms. The van der Waals surface area contributed by atoms with Gasteiger partial charge in [0.15, 0.2) is 12.4 Å². The Morgan fingerprint density at radius 3 is 2.54 bits per heavy atom. The lowest BCUT2D eigenvalue weighted by molar-refractivity contribution is -0.132. The molecule has 0 aliphatic rings. The fraction of sp³-hybridized carbons (Fsp3) is 0.263. The van der Waals surface area contributed by atoms with Gasteiger partial charge in [0.25, 0.3) is 5.91 Å². The van der Waals surface area contributed by atoms with Crippen molar-refractivity contribution in [2.75, 3.05) is 13.7 Å². The van der Waals surface area contributed by atoms with Crippen LogP contribution in [-0.4, -0.2) is 30.2 Å². The SMILES string of the molecule is CC(=O)c1cc(F)ccc1OCC(=O)N(C)Cc1ccccc1C. The lowest BCUT2D eigenvalue weighted by Gasteiger charge is -2.19. The third-order valence-electron chi connectivity index (χ3n) is 3.77. The Bertz CT molecular complexity index is 758. The van der Waals surface area contributed by atoms with Crippen LogP contribution in [0.5, 0.6) is 5.75 Å². The first kappa shape index (κ1) is 17.7. The lowest BCUT2D eigenvalue weighted by atomic mass is 10.1. The molecular weight excluding hydrogens is 309 g/mol. The summed E-state index contributed by atoms with van der Waals surface area (Å²) in [5.41, 5.74) is 2.29. The second kappa shape index (κ2) is 7.73. The Kier molecular flexibility index (Phi) is 5.68. The molecule has 4 nitrogen and oxygen atoms in total. The minimum atomic E-state index is -0.518. The lowest BCUT2D eigenvalue weighted by Crippen LogP contribution is -2.31. The molecule has 0 heterocycles. The van der Waals surface area contributed by atoms with Crippen molar-refractivity contribution in [3.05, 3.63) is 65.0 Å². The van der Waals surface area contributed by atoms with E-state index in [2.05, 4.69) is 0 Å². The summed E-state index contributed by atoms with van der Waals surface area (Å²) in [6.45, 7) is 3.57. The molecule has 2 rings (SSSR count). The monoisotopic (exact) mass is 329 g/mol. The van der Waals surface area contributed by atoms with E-state index in [0.29, 0.717) is 6.54 Å². The summed E-state index contributed by atoms with van der Waals surface area (Å²) in [6, 6.07) is 11.5. The number of carbonyl (C=O) groups is 2. The Balaban J connectivity index is 2.00. The van der Waals surface area contributed by atoms with Crippen LogP contribution < -0.4 is 4.74 Å². The number of rotatable bonds is 6. The first-order valence-electron chi connectivity index (χ1n) is 7.60. The van der Waals surface area contributed by atoms with E-state index in [1.165, 1.54) is 19.1 Å². The summed E-state index contributed by atoms with van der Waals surface area (Å²) in [5.74, 6) is -0.848. The average molecular weight is 329 g/mol. The molecule has 0 saturated heterocycles. The van der Waals surface area contributed by atoms with Crippen molar-refractivity contribution in [3.63, 3.8) is 0 Å². The van der Waals surface area contributed by atoms with Crippen LogP contribution >= 0.6 is 0 Å². The first-order valence-corrected chi connectivity index (χ1v) is 7.60. The van der Waals surface area contributed by atoms with E-state index in [1.807, 2.05) is 31.2 Å². The van der Waals surface area contributed by atoms with Gasteiger partial charge < -0.3 is 9.64 Å². The van der Waals surface area contributed by atoms with Gasteiger partial charge in [0.05, 0.1) is 5.56 Å². The fourth-order valence-electron chi connectivity index (χ4n) is 2.28. The van der Waals surface area contributed by atoms with Crippen molar-refractivity contribution in [1.29, 1.82) is 0 Å². The minimum Gasteiger partial charge on any atom is -0.483 e.